The molecule has 3 rings (SSSR count). The number of carbonyl (C=O) groups excluding carboxylic acids is 1. The van der Waals surface area contributed by atoms with Crippen molar-refractivity contribution in [2.45, 2.75) is 205 Å². The fraction of sp³-hybridized carbons (Fsp3) is 0.976. The Morgan fingerprint density at radius 1 is 1.02 bits per heavy atom. The topological polar surface area (TPSA) is 189 Å². The number of nitrogens with one attached hydrogen (secondary N) is 1. The molecule has 0 amide bonds. The molecule has 0 spiro atoms. The van der Waals surface area contributed by atoms with Gasteiger partial charge in [-0.2, -0.15) is 0 Å². The SMILES string of the molecule is CCCNC[C@]1(O)[C@H](C)O[C@@H](O[C@H]2[C@H](C)[C@@H](O[C@@H]3O[C@H](C)C[C@H](N(C)C)[C@H]3O)[C@](C)(O)C[C@@H](C)CC[C@H](C)[C@H]([C@](C)(O)[C@H](O)CC)OC(=O)[C@@H]2C)C[C@@]1(C)OC. The fourth-order valence-corrected chi connectivity index (χ4v) is 9.52. The Labute approximate surface area is 337 Å². The zero-order valence-corrected chi connectivity index (χ0v) is 37.0. The summed E-state index contributed by atoms with van der Waals surface area (Å²) in [6.45, 7) is 20.9. The molecular weight excluding hydrogens is 724 g/mol. The fourth-order valence-electron chi connectivity index (χ4n) is 9.52. The van der Waals surface area contributed by atoms with Crippen LogP contribution in [-0.4, -0.2) is 154 Å². The molecule has 3 fully saturated rings. The van der Waals surface area contributed by atoms with Crippen molar-refractivity contribution in [3.63, 3.8) is 0 Å². The lowest BCUT2D eigenvalue weighted by atomic mass is 9.75. The van der Waals surface area contributed by atoms with Gasteiger partial charge in [0.25, 0.3) is 0 Å². The van der Waals surface area contributed by atoms with Crippen LogP contribution >= 0.6 is 0 Å². The van der Waals surface area contributed by atoms with E-state index in [-0.39, 0.29) is 43.4 Å². The van der Waals surface area contributed by atoms with Crippen LogP contribution in [0.1, 0.15) is 121 Å². The predicted octanol–water partition coefficient (Wildman–Crippen LogP) is 3.37. The maximum Gasteiger partial charge on any atom is 0.311 e. The Morgan fingerprint density at radius 3 is 2.23 bits per heavy atom. The van der Waals surface area contributed by atoms with Crippen molar-refractivity contribution in [3.8, 4) is 0 Å². The summed E-state index contributed by atoms with van der Waals surface area (Å²) in [4.78, 5) is 16.4. The van der Waals surface area contributed by atoms with E-state index in [9.17, 15) is 30.3 Å². The zero-order valence-electron chi connectivity index (χ0n) is 37.0. The highest BCUT2D eigenvalue weighted by Crippen LogP contribution is 2.44. The summed E-state index contributed by atoms with van der Waals surface area (Å²) in [5.41, 5.74) is -5.81. The number of methoxy groups -OCH3 is 1. The van der Waals surface area contributed by atoms with Crippen molar-refractivity contribution in [1.29, 1.82) is 0 Å². The molecule has 14 nitrogen and oxygen atoms in total. The van der Waals surface area contributed by atoms with Crippen molar-refractivity contribution < 1.29 is 58.7 Å². The monoisotopic (exact) mass is 805 g/mol. The molecule has 3 saturated heterocycles. The molecule has 18 atom stereocenters. The first kappa shape index (κ1) is 49.4. The summed E-state index contributed by atoms with van der Waals surface area (Å²) in [5, 5.41) is 62.1. The van der Waals surface area contributed by atoms with Crippen LogP contribution in [0, 0.1) is 23.7 Å². The number of cyclic esters (lactones) is 1. The van der Waals surface area contributed by atoms with E-state index in [1.54, 1.807) is 34.8 Å². The Hall–Kier alpha value is -1.01. The first-order valence-corrected chi connectivity index (χ1v) is 21.2. The highest BCUT2D eigenvalue weighted by atomic mass is 16.7. The minimum Gasteiger partial charge on any atom is -0.459 e. The van der Waals surface area contributed by atoms with Gasteiger partial charge in [-0.25, -0.2) is 0 Å². The molecule has 0 unspecified atom stereocenters. The molecular formula is C42H80N2O12. The van der Waals surface area contributed by atoms with Gasteiger partial charge in [-0.15, -0.1) is 0 Å². The van der Waals surface area contributed by atoms with Gasteiger partial charge in [0.05, 0.1) is 42.0 Å². The van der Waals surface area contributed by atoms with E-state index >= 15 is 0 Å². The number of aliphatic hydroxyl groups is 5. The second-order valence-electron chi connectivity index (χ2n) is 18.6. The number of rotatable bonds is 13. The summed E-state index contributed by atoms with van der Waals surface area (Å²) in [6.07, 6.45) is -5.07. The standard InChI is InChI=1S/C42H80N2O12/c1-15-19-43-23-42(50)29(8)53-32(22-40(42,10)51-14)54-34-27(6)36(56-38-33(46)30(44(12)13)20-26(5)52-38)39(9,48)21-24(3)17-18-25(4)35(55-37(47)28(34)7)41(11,49)31(45)16-2/h24-36,38,43,45-46,48-50H,15-23H2,1-14H3/t24-,25-,26+,27-,28+,29-,30-,31+,32-,33+,34-,35+,36+,38-,39+,40+,41+,42-/m0/s1. The van der Waals surface area contributed by atoms with Gasteiger partial charge in [0, 0.05) is 32.0 Å². The van der Waals surface area contributed by atoms with E-state index in [4.69, 9.17) is 28.4 Å². The van der Waals surface area contributed by atoms with Crippen LogP contribution in [0.15, 0.2) is 0 Å². The van der Waals surface area contributed by atoms with E-state index in [1.807, 2.05) is 60.5 Å². The van der Waals surface area contributed by atoms with Gasteiger partial charge < -0.3 is 64.2 Å². The molecule has 14 heteroatoms. The summed E-state index contributed by atoms with van der Waals surface area (Å²) in [5.74, 6) is -2.82. The van der Waals surface area contributed by atoms with E-state index in [0.717, 1.165) is 6.42 Å². The minimum absolute atomic E-state index is 0.0460. The Kier molecular flexibility index (Phi) is 17.7. The van der Waals surface area contributed by atoms with Crippen LogP contribution in [0.3, 0.4) is 0 Å². The van der Waals surface area contributed by atoms with Crippen LogP contribution in [0.2, 0.25) is 0 Å². The van der Waals surface area contributed by atoms with E-state index in [2.05, 4.69) is 5.32 Å². The number of aliphatic hydroxyl groups excluding tert-OH is 2. The molecule has 0 aliphatic carbocycles. The predicted molar refractivity (Wildman–Crippen MR) is 213 cm³/mol. The van der Waals surface area contributed by atoms with Crippen LogP contribution in [0.4, 0.5) is 0 Å². The van der Waals surface area contributed by atoms with Gasteiger partial charge in [-0.1, -0.05) is 41.0 Å². The summed E-state index contributed by atoms with van der Waals surface area (Å²) < 4.78 is 38.5. The molecule has 0 saturated carbocycles. The average molecular weight is 805 g/mol. The van der Waals surface area contributed by atoms with E-state index < -0.39 is 89.4 Å². The molecule has 6 N–H and O–H groups in total. The molecule has 0 aromatic heterocycles. The molecule has 330 valence electrons. The second-order valence-corrected chi connectivity index (χ2v) is 18.6. The van der Waals surface area contributed by atoms with Crippen LogP contribution in [-0.2, 0) is 33.2 Å². The number of esters is 1. The maximum atomic E-state index is 14.5. The number of nitrogens with zero attached hydrogens (tertiary/aromatic N) is 1. The third kappa shape index (κ3) is 11.0. The Balaban J connectivity index is 2.16. The number of hydrogen-bond donors (Lipinski definition) is 6. The normalized spacial score (nSPS) is 45.2. The molecule has 0 aromatic rings. The maximum absolute atomic E-state index is 14.5. The van der Waals surface area contributed by atoms with Crippen molar-refractivity contribution in [1.82, 2.24) is 10.2 Å². The van der Waals surface area contributed by atoms with Crippen LogP contribution in [0.5, 0.6) is 0 Å². The lowest BCUT2D eigenvalue weighted by Gasteiger charge is -2.53. The summed E-state index contributed by atoms with van der Waals surface area (Å²) in [6, 6.07) is -0.266. The van der Waals surface area contributed by atoms with Gasteiger partial charge in [-0.05, 0) is 106 Å². The average Bonchev–Trinajstić information content (AvgIpc) is 3.12. The molecule has 0 radical (unpaired) electrons. The third-order valence-electron chi connectivity index (χ3n) is 13.4. The number of carbonyl (C=O) groups is 1. The number of hydrogen-bond acceptors (Lipinski definition) is 14. The third-order valence-corrected chi connectivity index (χ3v) is 13.4. The van der Waals surface area contributed by atoms with Gasteiger partial charge >= 0.3 is 5.97 Å². The molecule has 3 heterocycles. The second kappa shape index (κ2) is 20.0. The Bertz CT molecular complexity index is 1220. The smallest absolute Gasteiger partial charge is 0.311 e. The van der Waals surface area contributed by atoms with Gasteiger partial charge in [-0.3, -0.25) is 4.79 Å². The highest BCUT2D eigenvalue weighted by Gasteiger charge is 2.58. The molecule has 3 aliphatic rings. The Morgan fingerprint density at radius 2 is 1.66 bits per heavy atom. The quantitative estimate of drug-likeness (QED) is 0.118. The van der Waals surface area contributed by atoms with E-state index in [1.165, 1.54) is 6.92 Å². The van der Waals surface area contributed by atoms with Crippen LogP contribution in [0.25, 0.3) is 0 Å². The van der Waals surface area contributed by atoms with Gasteiger partial charge in [0.1, 0.15) is 29.0 Å². The largest absolute Gasteiger partial charge is 0.459 e. The lowest BCUT2D eigenvalue weighted by molar-refractivity contribution is -0.336. The first-order chi connectivity index (χ1) is 25.9. The molecule has 3 aliphatic heterocycles. The van der Waals surface area contributed by atoms with Gasteiger partial charge in [0.15, 0.2) is 12.6 Å². The van der Waals surface area contributed by atoms with Crippen LogP contribution < -0.4 is 5.32 Å². The van der Waals surface area contributed by atoms with Crippen molar-refractivity contribution in [3.05, 3.63) is 0 Å². The van der Waals surface area contributed by atoms with Crippen molar-refractivity contribution >= 4 is 5.97 Å². The first-order valence-electron chi connectivity index (χ1n) is 21.2. The van der Waals surface area contributed by atoms with Crippen molar-refractivity contribution in [2.75, 3.05) is 34.3 Å². The summed E-state index contributed by atoms with van der Waals surface area (Å²) >= 11 is 0. The molecule has 0 aromatic carbocycles. The summed E-state index contributed by atoms with van der Waals surface area (Å²) in [7, 11) is 5.33. The highest BCUT2D eigenvalue weighted by molar-refractivity contribution is 5.73. The number of ether oxygens (including phenoxy) is 6. The van der Waals surface area contributed by atoms with E-state index in [0.29, 0.717) is 32.2 Å². The molecule has 0 bridgehead atoms. The lowest BCUT2D eigenvalue weighted by Crippen LogP contribution is -2.70. The van der Waals surface area contributed by atoms with Crippen molar-refractivity contribution in [2.24, 2.45) is 23.7 Å². The minimum atomic E-state index is -1.75. The zero-order chi connectivity index (χ0) is 42.6. The van der Waals surface area contributed by atoms with Gasteiger partial charge in [0.2, 0.25) is 0 Å². The number of likely N-dealkylation sites (N-methyl/N-ethyl adjacent to an activating group) is 1. The molecule has 56 heavy (non-hydrogen) atoms.